The van der Waals surface area contributed by atoms with Gasteiger partial charge in [0, 0.05) is 6.42 Å². The van der Waals surface area contributed by atoms with Gasteiger partial charge in [0.05, 0.1) is 18.6 Å². The molecule has 1 aromatic heterocycles. The van der Waals surface area contributed by atoms with Crippen LogP contribution in [0.3, 0.4) is 0 Å². The molecule has 0 saturated heterocycles. The summed E-state index contributed by atoms with van der Waals surface area (Å²) in [5.41, 5.74) is 1.07. The van der Waals surface area contributed by atoms with Crippen molar-refractivity contribution in [2.75, 3.05) is 0 Å². The molecular weight excluding hydrogens is 152 g/mol. The molecule has 1 heterocycles. The van der Waals surface area contributed by atoms with Crippen LogP contribution in [0.5, 0.6) is 0 Å². The maximum Gasteiger partial charge on any atom is 0.0935 e. The minimum Gasteiger partial charge on any atom is -0.472 e. The van der Waals surface area contributed by atoms with E-state index in [1.54, 1.807) is 12.5 Å². The summed E-state index contributed by atoms with van der Waals surface area (Å²) in [6.07, 6.45) is 4.79. The first kappa shape index (κ1) is 9.33. The number of hydrogen-bond donors (Lipinski definition) is 1. The summed E-state index contributed by atoms with van der Waals surface area (Å²) >= 11 is 0. The molecule has 0 amide bonds. The summed E-state index contributed by atoms with van der Waals surface area (Å²) in [6, 6.07) is 1.89. The van der Waals surface area contributed by atoms with E-state index in [1.165, 1.54) is 0 Å². The van der Waals surface area contributed by atoms with Crippen LogP contribution in [0.15, 0.2) is 23.0 Å². The summed E-state index contributed by atoms with van der Waals surface area (Å²) in [7, 11) is 0. The van der Waals surface area contributed by atoms with Crippen molar-refractivity contribution in [3.05, 3.63) is 24.2 Å². The number of aliphatic hydroxyl groups is 1. The summed E-state index contributed by atoms with van der Waals surface area (Å²) in [5.74, 6) is 0.361. The van der Waals surface area contributed by atoms with Gasteiger partial charge in [-0.05, 0) is 17.5 Å². The fourth-order valence-corrected chi connectivity index (χ4v) is 1.12. The average Bonchev–Trinajstić information content (AvgIpc) is 2.55. The van der Waals surface area contributed by atoms with Crippen LogP contribution >= 0.6 is 0 Å². The minimum absolute atomic E-state index is 0.243. The summed E-state index contributed by atoms with van der Waals surface area (Å²) in [5, 5.41) is 9.65. The zero-order valence-corrected chi connectivity index (χ0v) is 7.66. The monoisotopic (exact) mass is 168 g/mol. The molecule has 68 valence electrons. The summed E-state index contributed by atoms with van der Waals surface area (Å²) in [4.78, 5) is 0. The fourth-order valence-electron chi connectivity index (χ4n) is 1.12. The van der Waals surface area contributed by atoms with Crippen LogP contribution in [-0.2, 0) is 6.42 Å². The number of hydrogen-bond acceptors (Lipinski definition) is 2. The van der Waals surface area contributed by atoms with Gasteiger partial charge in [-0.25, -0.2) is 0 Å². The zero-order chi connectivity index (χ0) is 8.97. The normalized spacial score (nSPS) is 15.9. The van der Waals surface area contributed by atoms with Gasteiger partial charge >= 0.3 is 0 Å². The van der Waals surface area contributed by atoms with Crippen molar-refractivity contribution >= 4 is 0 Å². The van der Waals surface area contributed by atoms with Gasteiger partial charge in [0.1, 0.15) is 0 Å². The predicted molar refractivity (Wildman–Crippen MR) is 47.9 cm³/mol. The lowest BCUT2D eigenvalue weighted by molar-refractivity contribution is 0.114. The highest BCUT2D eigenvalue weighted by Crippen LogP contribution is 2.13. The maximum atomic E-state index is 9.65. The Balaban J connectivity index is 2.41. The van der Waals surface area contributed by atoms with Crippen molar-refractivity contribution in [2.24, 2.45) is 5.92 Å². The summed E-state index contributed by atoms with van der Waals surface area (Å²) < 4.78 is 4.92. The molecule has 2 nitrogen and oxygen atoms in total. The molecule has 2 unspecified atom stereocenters. The van der Waals surface area contributed by atoms with Gasteiger partial charge in [0.25, 0.3) is 0 Å². The maximum absolute atomic E-state index is 9.65. The van der Waals surface area contributed by atoms with Gasteiger partial charge in [-0.1, -0.05) is 20.3 Å². The third-order valence-corrected chi connectivity index (χ3v) is 2.33. The minimum atomic E-state index is -0.243. The Hall–Kier alpha value is -0.760. The zero-order valence-electron chi connectivity index (χ0n) is 7.66. The van der Waals surface area contributed by atoms with Crippen LogP contribution in [0.2, 0.25) is 0 Å². The molecule has 0 saturated carbocycles. The average molecular weight is 168 g/mol. The van der Waals surface area contributed by atoms with E-state index in [9.17, 15) is 5.11 Å². The van der Waals surface area contributed by atoms with E-state index in [1.807, 2.05) is 6.07 Å². The Morgan fingerprint density at radius 2 is 2.33 bits per heavy atom. The van der Waals surface area contributed by atoms with Crippen molar-refractivity contribution in [3.8, 4) is 0 Å². The van der Waals surface area contributed by atoms with Gasteiger partial charge in [0.15, 0.2) is 0 Å². The number of aliphatic hydroxyl groups excluding tert-OH is 1. The molecule has 0 bridgehead atoms. The SMILES string of the molecule is CCC(C)C(O)Cc1ccoc1. The lowest BCUT2D eigenvalue weighted by atomic mass is 9.97. The lowest BCUT2D eigenvalue weighted by Gasteiger charge is -2.15. The van der Waals surface area contributed by atoms with Crippen LogP contribution in [0.25, 0.3) is 0 Å². The topological polar surface area (TPSA) is 33.4 Å². The van der Waals surface area contributed by atoms with E-state index >= 15 is 0 Å². The van der Waals surface area contributed by atoms with Crippen molar-refractivity contribution in [1.82, 2.24) is 0 Å². The standard InChI is InChI=1S/C10H16O2/c1-3-8(2)10(11)6-9-4-5-12-7-9/h4-5,7-8,10-11H,3,6H2,1-2H3. The smallest absolute Gasteiger partial charge is 0.0935 e. The molecule has 2 atom stereocenters. The molecule has 1 N–H and O–H groups in total. The van der Waals surface area contributed by atoms with Crippen molar-refractivity contribution in [2.45, 2.75) is 32.8 Å². The first-order chi connectivity index (χ1) is 5.74. The van der Waals surface area contributed by atoms with E-state index < -0.39 is 0 Å². The first-order valence-corrected chi connectivity index (χ1v) is 4.43. The highest BCUT2D eigenvalue weighted by Gasteiger charge is 2.12. The van der Waals surface area contributed by atoms with Crippen molar-refractivity contribution in [3.63, 3.8) is 0 Å². The van der Waals surface area contributed by atoms with Crippen LogP contribution < -0.4 is 0 Å². The quantitative estimate of drug-likeness (QED) is 0.747. The molecule has 0 aliphatic heterocycles. The molecule has 1 rings (SSSR count). The molecule has 0 radical (unpaired) electrons. The molecule has 0 spiro atoms. The van der Waals surface area contributed by atoms with Gasteiger partial charge in [0.2, 0.25) is 0 Å². The molecular formula is C10H16O2. The Kier molecular flexibility index (Phi) is 3.35. The number of furan rings is 1. The van der Waals surface area contributed by atoms with E-state index in [0.717, 1.165) is 12.0 Å². The molecule has 0 fully saturated rings. The Morgan fingerprint density at radius 1 is 1.58 bits per heavy atom. The fraction of sp³-hybridized carbons (Fsp3) is 0.600. The van der Waals surface area contributed by atoms with Crippen LogP contribution in [-0.4, -0.2) is 11.2 Å². The molecule has 0 aromatic carbocycles. The highest BCUT2D eigenvalue weighted by molar-refractivity contribution is 5.06. The molecule has 0 aliphatic carbocycles. The Morgan fingerprint density at radius 3 is 2.83 bits per heavy atom. The summed E-state index contributed by atoms with van der Waals surface area (Å²) in [6.45, 7) is 4.15. The molecule has 2 heteroatoms. The van der Waals surface area contributed by atoms with Crippen LogP contribution in [0.1, 0.15) is 25.8 Å². The van der Waals surface area contributed by atoms with Crippen molar-refractivity contribution < 1.29 is 9.52 Å². The van der Waals surface area contributed by atoms with Gasteiger partial charge < -0.3 is 9.52 Å². The van der Waals surface area contributed by atoms with E-state index in [4.69, 9.17) is 4.42 Å². The van der Waals surface area contributed by atoms with Crippen LogP contribution in [0.4, 0.5) is 0 Å². The second-order valence-electron chi connectivity index (χ2n) is 3.29. The van der Waals surface area contributed by atoms with Gasteiger partial charge in [-0.3, -0.25) is 0 Å². The van der Waals surface area contributed by atoms with E-state index in [2.05, 4.69) is 13.8 Å². The van der Waals surface area contributed by atoms with Gasteiger partial charge in [-0.2, -0.15) is 0 Å². The van der Waals surface area contributed by atoms with E-state index in [0.29, 0.717) is 12.3 Å². The molecule has 12 heavy (non-hydrogen) atoms. The van der Waals surface area contributed by atoms with Gasteiger partial charge in [-0.15, -0.1) is 0 Å². The lowest BCUT2D eigenvalue weighted by Crippen LogP contribution is -2.19. The second-order valence-corrected chi connectivity index (χ2v) is 3.29. The Bertz CT molecular complexity index is 204. The van der Waals surface area contributed by atoms with Crippen molar-refractivity contribution in [1.29, 1.82) is 0 Å². The largest absolute Gasteiger partial charge is 0.472 e. The second kappa shape index (κ2) is 4.31. The van der Waals surface area contributed by atoms with Crippen LogP contribution in [0, 0.1) is 5.92 Å². The third-order valence-electron chi connectivity index (χ3n) is 2.33. The number of rotatable bonds is 4. The molecule has 1 aromatic rings. The first-order valence-electron chi connectivity index (χ1n) is 4.43. The predicted octanol–water partition coefficient (Wildman–Crippen LogP) is 2.23. The van der Waals surface area contributed by atoms with E-state index in [-0.39, 0.29) is 6.10 Å². The molecule has 0 aliphatic rings. The third kappa shape index (κ3) is 2.38. The Labute approximate surface area is 73.2 Å². The highest BCUT2D eigenvalue weighted by atomic mass is 16.3.